The van der Waals surface area contributed by atoms with Crippen molar-refractivity contribution in [3.05, 3.63) is 88.4 Å². The number of aromatic nitrogens is 4. The number of aryl methyl sites for hydroxylation is 1. The summed E-state index contributed by atoms with van der Waals surface area (Å²) >= 11 is 1.16. The van der Waals surface area contributed by atoms with E-state index >= 15 is 0 Å². The van der Waals surface area contributed by atoms with Gasteiger partial charge >= 0.3 is 12.1 Å². The minimum atomic E-state index is -4.60. The number of carboxylic acid groups (broad SMARTS) is 1. The number of carbonyl (C=O) groups excluding carboxylic acids is 1. The molecule has 0 radical (unpaired) electrons. The lowest BCUT2D eigenvalue weighted by Crippen LogP contribution is -2.11. The second kappa shape index (κ2) is 9.95. The molecule has 39 heavy (non-hydrogen) atoms. The molecule has 5 rings (SSSR count). The zero-order valence-electron chi connectivity index (χ0n) is 20.6. The average molecular weight is 552 g/mol. The SMILES string of the molecule is Cc1cc(Nc2nccc(C(F)(F)F)n2)cc(-c2cnc(C(=O)c3c(C)n(CC(=O)O)c4ccccc34)s2)c1. The molecule has 0 amide bonds. The lowest BCUT2D eigenvalue weighted by molar-refractivity contribution is -0.141. The van der Waals surface area contributed by atoms with Crippen LogP contribution in [0.3, 0.4) is 0 Å². The third-order valence-electron chi connectivity index (χ3n) is 6.02. The largest absolute Gasteiger partial charge is 0.480 e. The van der Waals surface area contributed by atoms with Crippen LogP contribution in [-0.4, -0.2) is 36.4 Å². The summed E-state index contributed by atoms with van der Waals surface area (Å²) in [7, 11) is 0. The molecule has 0 aliphatic heterocycles. The topological polar surface area (TPSA) is 110 Å². The predicted octanol–water partition coefficient (Wildman–Crippen LogP) is 6.25. The second-order valence-corrected chi connectivity index (χ2v) is 9.82. The molecule has 0 saturated heterocycles. The lowest BCUT2D eigenvalue weighted by atomic mass is 10.1. The Labute approximate surface area is 223 Å². The van der Waals surface area contributed by atoms with E-state index in [1.165, 1.54) is 0 Å². The Morgan fingerprint density at radius 2 is 1.85 bits per heavy atom. The Bertz CT molecular complexity index is 1740. The number of anilines is 2. The third kappa shape index (κ3) is 5.23. The van der Waals surface area contributed by atoms with Gasteiger partial charge in [-0.1, -0.05) is 24.3 Å². The van der Waals surface area contributed by atoms with Gasteiger partial charge in [0.1, 0.15) is 12.2 Å². The van der Waals surface area contributed by atoms with E-state index in [-0.39, 0.29) is 23.3 Å². The van der Waals surface area contributed by atoms with Crippen LogP contribution in [0.2, 0.25) is 0 Å². The van der Waals surface area contributed by atoms with Crippen molar-refractivity contribution in [3.8, 4) is 10.4 Å². The molecule has 5 aromatic rings. The number of nitrogens with zero attached hydrogens (tertiary/aromatic N) is 4. The molecule has 0 bridgehead atoms. The van der Waals surface area contributed by atoms with Crippen LogP contribution in [0.15, 0.2) is 60.9 Å². The Morgan fingerprint density at radius 1 is 1.08 bits per heavy atom. The number of ketones is 1. The van der Waals surface area contributed by atoms with Gasteiger partial charge in [0.05, 0.1) is 10.4 Å². The summed E-state index contributed by atoms with van der Waals surface area (Å²) in [5.41, 5.74) is 2.49. The minimum Gasteiger partial charge on any atom is -0.480 e. The summed E-state index contributed by atoms with van der Waals surface area (Å²) in [5.74, 6) is -1.55. The maximum Gasteiger partial charge on any atom is 0.433 e. The molecule has 0 saturated carbocycles. The Kier molecular flexibility index (Phi) is 6.64. The van der Waals surface area contributed by atoms with Crippen molar-refractivity contribution >= 4 is 45.6 Å². The highest BCUT2D eigenvalue weighted by molar-refractivity contribution is 7.17. The average Bonchev–Trinajstić information content (AvgIpc) is 3.47. The van der Waals surface area contributed by atoms with Crippen molar-refractivity contribution in [2.24, 2.45) is 0 Å². The Balaban J connectivity index is 1.47. The third-order valence-corrected chi connectivity index (χ3v) is 7.06. The van der Waals surface area contributed by atoms with Crippen LogP contribution in [0.4, 0.5) is 24.8 Å². The number of aliphatic carboxylic acids is 1. The zero-order valence-corrected chi connectivity index (χ0v) is 21.4. The van der Waals surface area contributed by atoms with Crippen LogP contribution in [0.25, 0.3) is 21.3 Å². The molecular weight excluding hydrogens is 531 g/mol. The number of nitrogens with one attached hydrogen (secondary N) is 1. The van der Waals surface area contributed by atoms with Gasteiger partial charge in [0, 0.05) is 34.7 Å². The van der Waals surface area contributed by atoms with E-state index < -0.39 is 17.8 Å². The van der Waals surface area contributed by atoms with Crippen molar-refractivity contribution in [3.63, 3.8) is 0 Å². The quantitative estimate of drug-likeness (QED) is 0.230. The molecule has 0 aliphatic carbocycles. The monoisotopic (exact) mass is 551 g/mol. The fourth-order valence-corrected chi connectivity index (χ4v) is 5.23. The first-order chi connectivity index (χ1) is 18.5. The number of benzene rings is 2. The van der Waals surface area contributed by atoms with Gasteiger partial charge in [-0.2, -0.15) is 13.2 Å². The van der Waals surface area contributed by atoms with Crippen molar-refractivity contribution in [2.45, 2.75) is 26.6 Å². The number of rotatable bonds is 7. The van der Waals surface area contributed by atoms with Gasteiger partial charge in [-0.15, -0.1) is 11.3 Å². The summed E-state index contributed by atoms with van der Waals surface area (Å²) in [6.07, 6.45) is -2.00. The van der Waals surface area contributed by atoms with Gasteiger partial charge in [-0.05, 0) is 49.2 Å². The molecule has 0 atom stereocenters. The standard InChI is InChI=1S/C27H20F3N5O3S/c1-14-9-16(11-17(10-14)33-26-31-8-7-21(34-26)27(28,29)30)20-12-32-25(39-20)24(38)23-15(2)35(13-22(36)37)19-6-4-3-5-18(19)23/h3-12H,13H2,1-2H3,(H,36,37)(H,31,33,34). The van der Waals surface area contributed by atoms with E-state index in [1.807, 2.05) is 13.0 Å². The number of para-hydroxylation sites is 1. The van der Waals surface area contributed by atoms with Crippen LogP contribution in [0, 0.1) is 13.8 Å². The highest BCUT2D eigenvalue weighted by atomic mass is 32.1. The first-order valence-electron chi connectivity index (χ1n) is 11.6. The van der Waals surface area contributed by atoms with Gasteiger partial charge in [0.25, 0.3) is 0 Å². The number of halogens is 3. The summed E-state index contributed by atoms with van der Waals surface area (Å²) < 4.78 is 40.7. The van der Waals surface area contributed by atoms with Crippen molar-refractivity contribution in [1.29, 1.82) is 0 Å². The Morgan fingerprint density at radius 3 is 2.59 bits per heavy atom. The molecule has 3 heterocycles. The van der Waals surface area contributed by atoms with Gasteiger partial charge in [-0.25, -0.2) is 15.0 Å². The number of alkyl halides is 3. The van der Waals surface area contributed by atoms with Gasteiger partial charge in [0.15, 0.2) is 5.01 Å². The molecule has 0 unspecified atom stereocenters. The van der Waals surface area contributed by atoms with Crippen molar-refractivity contribution in [1.82, 2.24) is 19.5 Å². The molecule has 0 fully saturated rings. The number of fused-ring (bicyclic) bond motifs is 1. The van der Waals surface area contributed by atoms with E-state index in [4.69, 9.17) is 0 Å². The van der Waals surface area contributed by atoms with Crippen LogP contribution in [-0.2, 0) is 17.5 Å². The minimum absolute atomic E-state index is 0.199. The van der Waals surface area contributed by atoms with Crippen LogP contribution in [0.1, 0.15) is 32.3 Å². The first-order valence-corrected chi connectivity index (χ1v) is 12.4. The number of carboxylic acids is 1. The fraction of sp³-hybridized carbons (Fsp3) is 0.148. The number of hydrogen-bond donors (Lipinski definition) is 2. The van der Waals surface area contributed by atoms with E-state index in [1.54, 1.807) is 54.1 Å². The van der Waals surface area contributed by atoms with E-state index in [2.05, 4.69) is 20.3 Å². The van der Waals surface area contributed by atoms with Gasteiger partial charge in [-0.3, -0.25) is 9.59 Å². The highest BCUT2D eigenvalue weighted by Gasteiger charge is 2.32. The number of carbonyl (C=O) groups is 2. The predicted molar refractivity (Wildman–Crippen MR) is 140 cm³/mol. The zero-order chi connectivity index (χ0) is 27.9. The molecule has 12 heteroatoms. The summed E-state index contributed by atoms with van der Waals surface area (Å²) in [4.78, 5) is 37.4. The number of hydrogen-bond acceptors (Lipinski definition) is 7. The Hall–Kier alpha value is -4.58. The summed E-state index contributed by atoms with van der Waals surface area (Å²) in [6.45, 7) is 3.26. The van der Waals surface area contributed by atoms with Crippen LogP contribution in [0.5, 0.6) is 0 Å². The second-order valence-electron chi connectivity index (χ2n) is 8.79. The van der Waals surface area contributed by atoms with Crippen LogP contribution >= 0.6 is 11.3 Å². The van der Waals surface area contributed by atoms with E-state index in [0.717, 1.165) is 29.2 Å². The molecule has 198 valence electrons. The lowest BCUT2D eigenvalue weighted by Gasteiger charge is -2.10. The maximum atomic E-state index is 13.6. The summed E-state index contributed by atoms with van der Waals surface area (Å²) in [5, 5.41) is 13.0. The van der Waals surface area contributed by atoms with Crippen LogP contribution < -0.4 is 5.32 Å². The summed E-state index contributed by atoms with van der Waals surface area (Å²) in [6, 6.07) is 13.2. The van der Waals surface area contributed by atoms with E-state index in [0.29, 0.717) is 38.3 Å². The normalized spacial score (nSPS) is 11.6. The van der Waals surface area contributed by atoms with Gasteiger partial charge < -0.3 is 15.0 Å². The molecule has 3 aromatic heterocycles. The van der Waals surface area contributed by atoms with Gasteiger partial charge in [0.2, 0.25) is 11.7 Å². The fourth-order valence-electron chi connectivity index (χ4n) is 4.38. The smallest absolute Gasteiger partial charge is 0.433 e. The first kappa shape index (κ1) is 26.0. The molecule has 2 aromatic carbocycles. The molecule has 0 spiro atoms. The maximum absolute atomic E-state index is 13.6. The van der Waals surface area contributed by atoms with Crippen molar-refractivity contribution < 1.29 is 27.9 Å². The molecular formula is C27H20F3N5O3S. The number of thiazole rings is 1. The molecule has 8 nitrogen and oxygen atoms in total. The van der Waals surface area contributed by atoms with Crippen molar-refractivity contribution in [2.75, 3.05) is 5.32 Å². The van der Waals surface area contributed by atoms with E-state index in [9.17, 15) is 27.9 Å². The molecule has 2 N–H and O–H groups in total. The highest BCUT2D eigenvalue weighted by Crippen LogP contribution is 2.34. The molecule has 0 aliphatic rings.